The van der Waals surface area contributed by atoms with Gasteiger partial charge in [0.15, 0.2) is 0 Å². The maximum atomic E-state index is 12.6. The van der Waals surface area contributed by atoms with Crippen molar-refractivity contribution in [3.63, 3.8) is 0 Å². The van der Waals surface area contributed by atoms with Crippen LogP contribution in [0.3, 0.4) is 0 Å². The van der Waals surface area contributed by atoms with Crippen molar-refractivity contribution in [1.29, 1.82) is 0 Å². The number of aromatic amines is 1. The molecule has 2 amide bonds. The van der Waals surface area contributed by atoms with Gasteiger partial charge in [-0.25, -0.2) is 5.48 Å². The molecule has 2 aromatic carbocycles. The fourth-order valence-corrected chi connectivity index (χ4v) is 2.85. The molecule has 6 heteroatoms. The number of carbonyl (C=O) groups is 2. The fraction of sp³-hybridized carbons (Fsp3) is 0.143. The number of amides is 2. The number of H-pyrrole nitrogens is 1. The Balaban J connectivity index is 1.47. The second kappa shape index (κ2) is 6.63. The molecule has 6 nitrogen and oxygen atoms in total. The molecule has 0 aliphatic heterocycles. The molecule has 0 radical (unpaired) electrons. The summed E-state index contributed by atoms with van der Waals surface area (Å²) in [6, 6.07) is 16.1. The molecule has 0 atom stereocenters. The van der Waals surface area contributed by atoms with Gasteiger partial charge in [0, 0.05) is 22.0 Å². The molecule has 1 aliphatic rings. The van der Waals surface area contributed by atoms with E-state index in [-0.39, 0.29) is 5.91 Å². The molecule has 1 fully saturated rings. The number of hydrogen-bond donors (Lipinski definition) is 4. The van der Waals surface area contributed by atoms with Crippen LogP contribution in [-0.4, -0.2) is 27.5 Å². The number of fused-ring (bicyclic) bond motifs is 1. The Morgan fingerprint density at radius 3 is 2.44 bits per heavy atom. The van der Waals surface area contributed by atoms with E-state index in [1.54, 1.807) is 29.7 Å². The average Bonchev–Trinajstić information content (AvgIpc) is 3.32. The van der Waals surface area contributed by atoms with Crippen molar-refractivity contribution < 1.29 is 14.8 Å². The van der Waals surface area contributed by atoms with Gasteiger partial charge in [-0.3, -0.25) is 14.8 Å². The predicted octanol–water partition coefficient (Wildman–Crippen LogP) is 2.60. The molecule has 0 bridgehead atoms. The van der Waals surface area contributed by atoms with Crippen LogP contribution in [0, 0.1) is 11.8 Å². The second-order valence-electron chi connectivity index (χ2n) is 6.57. The van der Waals surface area contributed by atoms with E-state index in [0.717, 1.165) is 29.3 Å². The lowest BCUT2D eigenvalue weighted by atomic mass is 10.1. The van der Waals surface area contributed by atoms with Crippen molar-refractivity contribution in [2.24, 2.45) is 0 Å². The number of para-hydroxylation sites is 1. The third-order valence-corrected chi connectivity index (χ3v) is 4.57. The van der Waals surface area contributed by atoms with Crippen LogP contribution in [-0.2, 0) is 0 Å². The maximum Gasteiger partial charge on any atom is 0.274 e. The first kappa shape index (κ1) is 16.9. The molecule has 1 aromatic heterocycles. The van der Waals surface area contributed by atoms with Gasteiger partial charge < -0.3 is 10.3 Å². The minimum atomic E-state index is -0.571. The van der Waals surface area contributed by atoms with Gasteiger partial charge in [-0.2, -0.15) is 0 Å². The highest BCUT2D eigenvalue weighted by Crippen LogP contribution is 2.35. The van der Waals surface area contributed by atoms with Crippen LogP contribution in [0.2, 0.25) is 0 Å². The number of benzene rings is 2. The minimum absolute atomic E-state index is 0.173. The number of aromatic nitrogens is 1. The standard InChI is InChI=1S/C21H17N3O3/c25-19(24-27)15-7-5-14(6-8-15)9-10-21(11-12-21)23-20(26)18-13-16-3-1-2-4-17(16)22-18/h1-8,13,22,27H,11-12H2,(H,23,26)(H,24,25). The second-order valence-corrected chi connectivity index (χ2v) is 6.57. The van der Waals surface area contributed by atoms with E-state index in [9.17, 15) is 9.59 Å². The Morgan fingerprint density at radius 2 is 1.78 bits per heavy atom. The first-order chi connectivity index (χ1) is 13.1. The zero-order chi connectivity index (χ0) is 18.9. The summed E-state index contributed by atoms with van der Waals surface area (Å²) in [5.74, 6) is 5.44. The van der Waals surface area contributed by atoms with Gasteiger partial charge in [0.05, 0.1) is 0 Å². The van der Waals surface area contributed by atoms with Crippen molar-refractivity contribution in [3.8, 4) is 11.8 Å². The molecule has 1 saturated carbocycles. The third-order valence-electron chi connectivity index (χ3n) is 4.57. The Morgan fingerprint density at radius 1 is 1.04 bits per heavy atom. The average molecular weight is 359 g/mol. The van der Waals surface area contributed by atoms with Crippen molar-refractivity contribution >= 4 is 22.7 Å². The molecule has 4 rings (SSSR count). The van der Waals surface area contributed by atoms with Gasteiger partial charge in [-0.05, 0) is 49.2 Å². The molecule has 134 valence electrons. The molecule has 27 heavy (non-hydrogen) atoms. The molecule has 0 unspecified atom stereocenters. The van der Waals surface area contributed by atoms with E-state index in [2.05, 4.69) is 22.1 Å². The van der Waals surface area contributed by atoms with Crippen molar-refractivity contribution in [2.45, 2.75) is 18.4 Å². The molecular formula is C21H17N3O3. The fourth-order valence-electron chi connectivity index (χ4n) is 2.85. The lowest BCUT2D eigenvalue weighted by Gasteiger charge is -2.09. The lowest BCUT2D eigenvalue weighted by Crippen LogP contribution is -2.35. The van der Waals surface area contributed by atoms with Crippen LogP contribution >= 0.6 is 0 Å². The van der Waals surface area contributed by atoms with Crippen molar-refractivity contribution in [1.82, 2.24) is 15.8 Å². The number of rotatable bonds is 3. The zero-order valence-corrected chi connectivity index (χ0v) is 14.4. The van der Waals surface area contributed by atoms with Crippen LogP contribution < -0.4 is 10.8 Å². The number of hydrogen-bond acceptors (Lipinski definition) is 3. The molecule has 0 spiro atoms. The number of carbonyl (C=O) groups excluding carboxylic acids is 2. The highest BCUT2D eigenvalue weighted by Gasteiger charge is 2.43. The zero-order valence-electron chi connectivity index (χ0n) is 14.4. The molecular weight excluding hydrogens is 342 g/mol. The van der Waals surface area contributed by atoms with Crippen LogP contribution in [0.25, 0.3) is 10.9 Å². The molecule has 0 saturated heterocycles. The molecule has 3 aromatic rings. The maximum absolute atomic E-state index is 12.6. The summed E-state index contributed by atoms with van der Waals surface area (Å²) in [6.45, 7) is 0. The van der Waals surface area contributed by atoms with Gasteiger partial charge in [0.25, 0.3) is 11.8 Å². The van der Waals surface area contributed by atoms with E-state index < -0.39 is 11.4 Å². The smallest absolute Gasteiger partial charge is 0.274 e. The highest BCUT2D eigenvalue weighted by atomic mass is 16.5. The van der Waals surface area contributed by atoms with E-state index >= 15 is 0 Å². The molecule has 4 N–H and O–H groups in total. The SMILES string of the molecule is O=C(NO)c1ccc(C#CC2(NC(=O)c3cc4ccccc4[nH]3)CC2)cc1. The minimum Gasteiger partial charge on any atom is -0.351 e. The monoisotopic (exact) mass is 359 g/mol. The largest absolute Gasteiger partial charge is 0.351 e. The Kier molecular flexibility index (Phi) is 4.15. The lowest BCUT2D eigenvalue weighted by molar-refractivity contribution is 0.0706. The summed E-state index contributed by atoms with van der Waals surface area (Å²) in [6.07, 6.45) is 1.61. The van der Waals surface area contributed by atoms with Crippen LogP contribution in [0.15, 0.2) is 54.6 Å². The summed E-state index contributed by atoms with van der Waals surface area (Å²) < 4.78 is 0. The first-order valence-corrected chi connectivity index (χ1v) is 8.57. The van der Waals surface area contributed by atoms with Crippen LogP contribution in [0.1, 0.15) is 39.3 Å². The highest BCUT2D eigenvalue weighted by molar-refractivity contribution is 5.98. The molecule has 1 aliphatic carbocycles. The van der Waals surface area contributed by atoms with E-state index in [1.807, 2.05) is 30.3 Å². The van der Waals surface area contributed by atoms with Crippen LogP contribution in [0.5, 0.6) is 0 Å². The van der Waals surface area contributed by atoms with Crippen molar-refractivity contribution in [2.75, 3.05) is 0 Å². The van der Waals surface area contributed by atoms with Crippen LogP contribution in [0.4, 0.5) is 0 Å². The summed E-state index contributed by atoms with van der Waals surface area (Å²) in [7, 11) is 0. The van der Waals surface area contributed by atoms with Gasteiger partial charge in [-0.15, -0.1) is 0 Å². The number of hydroxylamine groups is 1. The quantitative estimate of drug-likeness (QED) is 0.329. The van der Waals surface area contributed by atoms with E-state index in [1.165, 1.54) is 0 Å². The summed E-state index contributed by atoms with van der Waals surface area (Å²) in [4.78, 5) is 27.0. The third kappa shape index (κ3) is 3.54. The van der Waals surface area contributed by atoms with Gasteiger partial charge in [-0.1, -0.05) is 30.0 Å². The predicted molar refractivity (Wildman–Crippen MR) is 100 cm³/mol. The van der Waals surface area contributed by atoms with Crippen molar-refractivity contribution in [3.05, 3.63) is 71.4 Å². The van der Waals surface area contributed by atoms with E-state index in [0.29, 0.717) is 11.3 Å². The van der Waals surface area contributed by atoms with Gasteiger partial charge >= 0.3 is 0 Å². The van der Waals surface area contributed by atoms with Gasteiger partial charge in [0.2, 0.25) is 0 Å². The normalized spacial score (nSPS) is 14.1. The molecule has 1 heterocycles. The van der Waals surface area contributed by atoms with E-state index in [4.69, 9.17) is 5.21 Å². The van der Waals surface area contributed by atoms with Gasteiger partial charge in [0.1, 0.15) is 11.2 Å². The Hall–Kier alpha value is -3.56. The summed E-state index contributed by atoms with van der Waals surface area (Å²) in [5.41, 5.74) is 3.60. The number of nitrogens with one attached hydrogen (secondary N) is 3. The first-order valence-electron chi connectivity index (χ1n) is 8.57. The Labute approximate surface area is 155 Å². The Bertz CT molecular complexity index is 1050. The summed E-state index contributed by atoms with van der Waals surface area (Å²) in [5, 5.41) is 12.6. The summed E-state index contributed by atoms with van der Waals surface area (Å²) >= 11 is 0. The topological polar surface area (TPSA) is 94.2 Å².